The Hall–Kier alpha value is 0.230. The molecule has 0 aliphatic carbocycles. The van der Waals surface area contributed by atoms with Crippen molar-refractivity contribution in [2.24, 2.45) is 0 Å². The lowest BCUT2D eigenvalue weighted by molar-refractivity contribution is -0.244. The van der Waals surface area contributed by atoms with Gasteiger partial charge in [-0.3, -0.25) is 0 Å². The van der Waals surface area contributed by atoms with Gasteiger partial charge in [0.2, 0.25) is 0 Å². The van der Waals surface area contributed by atoms with E-state index in [1.807, 2.05) is 0 Å². The molecule has 0 radical (unpaired) electrons. The largest absolute Gasteiger partial charge is 0.169 e. The first-order chi connectivity index (χ1) is 3.91. The highest BCUT2D eigenvalue weighted by Gasteiger charge is 1.80. The van der Waals surface area contributed by atoms with Crippen LogP contribution in [0.15, 0.2) is 0 Å². The molecule has 0 aromatic rings. The summed E-state index contributed by atoms with van der Waals surface area (Å²) in [4.78, 5) is 4.44. The van der Waals surface area contributed by atoms with Gasteiger partial charge in [-0.2, -0.15) is 5.48 Å². The second-order valence-corrected chi connectivity index (χ2v) is 1.68. The maximum atomic E-state index is 4.44. The number of hydrogen-bond acceptors (Lipinski definition) is 4. The standard InChI is InChI=1S/C4H11NO2S/c1-3-4-5-6-7-8-2/h5H,3-4H2,1-2H3. The van der Waals surface area contributed by atoms with E-state index >= 15 is 0 Å². The highest BCUT2D eigenvalue weighted by Crippen LogP contribution is 1.91. The quantitative estimate of drug-likeness (QED) is 0.266. The van der Waals surface area contributed by atoms with Crippen LogP contribution in [0.5, 0.6) is 0 Å². The summed E-state index contributed by atoms with van der Waals surface area (Å²) in [6.45, 7) is 2.87. The van der Waals surface area contributed by atoms with Gasteiger partial charge in [0.1, 0.15) is 0 Å². The smallest absolute Gasteiger partial charge is 0.0300 e. The molecule has 0 bridgehead atoms. The fourth-order valence-corrected chi connectivity index (χ4v) is 0.318. The zero-order valence-electron chi connectivity index (χ0n) is 5.14. The summed E-state index contributed by atoms with van der Waals surface area (Å²) in [5, 5.41) is 0. The summed E-state index contributed by atoms with van der Waals surface area (Å²) in [5.41, 5.74) is 2.59. The van der Waals surface area contributed by atoms with Gasteiger partial charge < -0.3 is 0 Å². The van der Waals surface area contributed by atoms with Gasteiger partial charge >= 0.3 is 0 Å². The molecule has 0 fully saturated rings. The second-order valence-electron chi connectivity index (χ2n) is 1.21. The van der Waals surface area contributed by atoms with Gasteiger partial charge in [-0.25, -0.2) is 0 Å². The van der Waals surface area contributed by atoms with Crippen LogP contribution in [-0.2, 0) is 9.32 Å². The minimum Gasteiger partial charge on any atom is -0.169 e. The van der Waals surface area contributed by atoms with Crippen molar-refractivity contribution in [1.29, 1.82) is 0 Å². The molecule has 4 heteroatoms. The molecular formula is C4H11NO2S. The van der Waals surface area contributed by atoms with E-state index in [9.17, 15) is 0 Å². The van der Waals surface area contributed by atoms with Crippen LogP contribution in [0.4, 0.5) is 0 Å². The molecule has 0 aromatic heterocycles. The Morgan fingerprint density at radius 2 is 2.38 bits per heavy atom. The Bertz CT molecular complexity index is 39.0. The molecule has 0 rings (SSSR count). The Morgan fingerprint density at radius 3 is 2.88 bits per heavy atom. The van der Waals surface area contributed by atoms with E-state index in [1.54, 1.807) is 6.26 Å². The van der Waals surface area contributed by atoms with Crippen molar-refractivity contribution >= 4 is 12.0 Å². The third-order valence-electron chi connectivity index (χ3n) is 0.513. The molecule has 0 saturated heterocycles. The van der Waals surface area contributed by atoms with Crippen LogP contribution in [0.3, 0.4) is 0 Å². The van der Waals surface area contributed by atoms with E-state index < -0.39 is 0 Å². The van der Waals surface area contributed by atoms with Gasteiger partial charge in [-0.1, -0.05) is 6.92 Å². The fourth-order valence-electron chi connectivity index (χ4n) is 0.202. The maximum absolute atomic E-state index is 4.44. The van der Waals surface area contributed by atoms with Gasteiger partial charge in [0.15, 0.2) is 0 Å². The average molecular weight is 137 g/mol. The molecule has 0 atom stereocenters. The Morgan fingerprint density at radius 1 is 1.62 bits per heavy atom. The zero-order chi connectivity index (χ0) is 6.24. The number of hydroxylamine groups is 1. The maximum Gasteiger partial charge on any atom is 0.0300 e. The topological polar surface area (TPSA) is 30.5 Å². The molecule has 0 aromatic carbocycles. The summed E-state index contributed by atoms with van der Waals surface area (Å²) >= 11 is 1.17. The van der Waals surface area contributed by atoms with Crippen LogP contribution >= 0.6 is 12.0 Å². The molecular weight excluding hydrogens is 126 g/mol. The summed E-state index contributed by atoms with van der Waals surface area (Å²) in [6.07, 6.45) is 2.82. The van der Waals surface area contributed by atoms with E-state index in [4.69, 9.17) is 0 Å². The minimum atomic E-state index is 0.820. The van der Waals surface area contributed by atoms with Crippen molar-refractivity contribution < 1.29 is 9.32 Å². The molecule has 0 aliphatic heterocycles. The van der Waals surface area contributed by atoms with Gasteiger partial charge in [0, 0.05) is 24.8 Å². The van der Waals surface area contributed by atoms with Crippen LogP contribution in [0.25, 0.3) is 0 Å². The lowest BCUT2D eigenvalue weighted by atomic mass is 10.5. The van der Waals surface area contributed by atoms with Crippen molar-refractivity contribution in [2.75, 3.05) is 12.8 Å². The van der Waals surface area contributed by atoms with E-state index in [0.717, 1.165) is 13.0 Å². The molecule has 8 heavy (non-hydrogen) atoms. The summed E-state index contributed by atoms with van der Waals surface area (Å²) in [6, 6.07) is 0. The van der Waals surface area contributed by atoms with E-state index in [1.165, 1.54) is 12.0 Å². The van der Waals surface area contributed by atoms with Crippen molar-refractivity contribution in [3.63, 3.8) is 0 Å². The van der Waals surface area contributed by atoms with Gasteiger partial charge in [0.25, 0.3) is 0 Å². The predicted octanol–water partition coefficient (Wildman–Crippen LogP) is 1.13. The summed E-state index contributed by atoms with van der Waals surface area (Å²) in [7, 11) is 0. The number of rotatable bonds is 5. The van der Waals surface area contributed by atoms with Crippen LogP contribution in [-0.4, -0.2) is 12.8 Å². The Balaban J connectivity index is 2.53. The summed E-state index contributed by atoms with van der Waals surface area (Å²) in [5.74, 6) is 0. The first-order valence-electron chi connectivity index (χ1n) is 2.51. The van der Waals surface area contributed by atoms with Crippen molar-refractivity contribution in [2.45, 2.75) is 13.3 Å². The molecule has 0 heterocycles. The molecule has 50 valence electrons. The molecule has 0 amide bonds. The highest BCUT2D eigenvalue weighted by atomic mass is 32.2. The van der Waals surface area contributed by atoms with Crippen LogP contribution in [0, 0.1) is 0 Å². The second kappa shape index (κ2) is 7.23. The van der Waals surface area contributed by atoms with Crippen molar-refractivity contribution in [3.8, 4) is 0 Å². The molecule has 0 unspecified atom stereocenters. The fraction of sp³-hybridized carbons (Fsp3) is 1.00. The Labute approximate surface area is 53.8 Å². The predicted molar refractivity (Wildman–Crippen MR) is 34.0 cm³/mol. The van der Waals surface area contributed by atoms with Gasteiger partial charge in [0.05, 0.1) is 0 Å². The minimum absolute atomic E-state index is 0.820. The number of hydrogen-bond donors (Lipinski definition) is 1. The van der Waals surface area contributed by atoms with Gasteiger partial charge in [-0.05, 0) is 6.42 Å². The average Bonchev–Trinajstić information content (AvgIpc) is 1.81. The molecule has 0 aliphatic rings. The third kappa shape index (κ3) is 6.23. The number of nitrogens with one attached hydrogen (secondary N) is 1. The van der Waals surface area contributed by atoms with E-state index in [0.29, 0.717) is 0 Å². The zero-order valence-corrected chi connectivity index (χ0v) is 5.96. The molecule has 3 nitrogen and oxygen atoms in total. The first kappa shape index (κ1) is 8.23. The monoisotopic (exact) mass is 137 g/mol. The van der Waals surface area contributed by atoms with Crippen LogP contribution in [0.1, 0.15) is 13.3 Å². The van der Waals surface area contributed by atoms with Crippen molar-refractivity contribution in [3.05, 3.63) is 0 Å². The first-order valence-corrected chi connectivity index (χ1v) is 3.66. The normalized spacial score (nSPS) is 9.75. The lowest BCUT2D eigenvalue weighted by Gasteiger charge is -1.97. The molecule has 1 N–H and O–H groups in total. The molecule has 0 spiro atoms. The Kier molecular flexibility index (Phi) is 7.44. The molecule has 0 saturated carbocycles. The van der Waals surface area contributed by atoms with Crippen molar-refractivity contribution in [1.82, 2.24) is 5.48 Å². The van der Waals surface area contributed by atoms with Gasteiger partial charge in [-0.15, -0.1) is 9.32 Å². The third-order valence-corrected chi connectivity index (χ3v) is 0.717. The lowest BCUT2D eigenvalue weighted by Crippen LogP contribution is -2.13. The van der Waals surface area contributed by atoms with E-state index in [-0.39, 0.29) is 0 Å². The van der Waals surface area contributed by atoms with Crippen LogP contribution in [0.2, 0.25) is 0 Å². The highest BCUT2D eigenvalue weighted by molar-refractivity contribution is 7.93. The summed E-state index contributed by atoms with van der Waals surface area (Å²) < 4.78 is 4.44. The van der Waals surface area contributed by atoms with E-state index in [2.05, 4.69) is 21.7 Å². The SMILES string of the molecule is CCCNOOSC. The van der Waals surface area contributed by atoms with Crippen LogP contribution < -0.4 is 5.48 Å².